The van der Waals surface area contributed by atoms with Gasteiger partial charge in [-0.25, -0.2) is 4.39 Å². The molecule has 0 saturated heterocycles. The fourth-order valence-electron chi connectivity index (χ4n) is 1.81. The van der Waals surface area contributed by atoms with Gasteiger partial charge in [0.1, 0.15) is 6.10 Å². The van der Waals surface area contributed by atoms with Gasteiger partial charge in [0.15, 0.2) is 11.6 Å². The lowest BCUT2D eigenvalue weighted by Gasteiger charge is -2.14. The van der Waals surface area contributed by atoms with Crippen LogP contribution in [0.2, 0.25) is 5.02 Å². The number of ether oxygens (including phenoxy) is 1. The molecule has 0 heterocycles. The van der Waals surface area contributed by atoms with Crippen LogP contribution >= 0.6 is 27.5 Å². The molecular formula is C14H11BrClFO2. The van der Waals surface area contributed by atoms with Crippen LogP contribution in [-0.2, 0) is 0 Å². The molecule has 2 rings (SSSR count). The molecule has 0 aliphatic heterocycles. The van der Waals surface area contributed by atoms with Crippen molar-refractivity contribution in [1.82, 2.24) is 0 Å². The Balaban J connectivity index is 2.46. The van der Waals surface area contributed by atoms with Crippen molar-refractivity contribution >= 4 is 27.5 Å². The number of aliphatic hydroxyl groups excluding tert-OH is 1. The molecule has 0 aliphatic carbocycles. The van der Waals surface area contributed by atoms with Crippen molar-refractivity contribution in [1.29, 1.82) is 0 Å². The number of methoxy groups -OCH3 is 1. The summed E-state index contributed by atoms with van der Waals surface area (Å²) >= 11 is 9.21. The van der Waals surface area contributed by atoms with Gasteiger partial charge >= 0.3 is 0 Å². The number of rotatable bonds is 3. The average Bonchev–Trinajstić information content (AvgIpc) is 2.37. The molecule has 0 spiro atoms. The predicted molar refractivity (Wildman–Crippen MR) is 76.2 cm³/mol. The minimum atomic E-state index is -1.11. The third-order valence-electron chi connectivity index (χ3n) is 2.71. The maximum atomic E-state index is 14.1. The van der Waals surface area contributed by atoms with E-state index in [0.29, 0.717) is 10.6 Å². The lowest BCUT2D eigenvalue weighted by Crippen LogP contribution is -2.04. The van der Waals surface area contributed by atoms with Crippen molar-refractivity contribution in [2.24, 2.45) is 0 Å². The summed E-state index contributed by atoms with van der Waals surface area (Å²) in [7, 11) is 1.38. The first-order chi connectivity index (χ1) is 9.02. The highest BCUT2D eigenvalue weighted by molar-refractivity contribution is 9.10. The van der Waals surface area contributed by atoms with E-state index in [1.165, 1.54) is 19.2 Å². The second-order valence-corrected chi connectivity index (χ2v) is 5.32. The average molecular weight is 346 g/mol. The van der Waals surface area contributed by atoms with Gasteiger partial charge in [0, 0.05) is 15.1 Å². The van der Waals surface area contributed by atoms with Gasteiger partial charge in [-0.3, -0.25) is 0 Å². The van der Waals surface area contributed by atoms with Gasteiger partial charge in [-0.2, -0.15) is 0 Å². The molecule has 0 fully saturated rings. The predicted octanol–water partition coefficient (Wildman–Crippen LogP) is 4.33. The molecule has 0 aromatic heterocycles. The van der Waals surface area contributed by atoms with Crippen LogP contribution in [0.25, 0.3) is 0 Å². The van der Waals surface area contributed by atoms with Gasteiger partial charge in [-0.1, -0.05) is 39.7 Å². The number of benzene rings is 2. The molecule has 2 aromatic carbocycles. The molecule has 100 valence electrons. The summed E-state index contributed by atoms with van der Waals surface area (Å²) < 4.78 is 19.7. The van der Waals surface area contributed by atoms with Crippen LogP contribution in [0.1, 0.15) is 17.2 Å². The quantitative estimate of drug-likeness (QED) is 0.897. The molecule has 19 heavy (non-hydrogen) atoms. The number of hydrogen-bond acceptors (Lipinski definition) is 2. The fourth-order valence-corrected chi connectivity index (χ4v) is 2.70. The summed E-state index contributed by atoms with van der Waals surface area (Å²) in [4.78, 5) is 0. The van der Waals surface area contributed by atoms with E-state index in [9.17, 15) is 9.50 Å². The molecule has 0 saturated carbocycles. The van der Waals surface area contributed by atoms with E-state index >= 15 is 0 Å². The minimum Gasteiger partial charge on any atom is -0.494 e. The van der Waals surface area contributed by atoms with Gasteiger partial charge in [0.25, 0.3) is 0 Å². The van der Waals surface area contributed by atoms with E-state index in [2.05, 4.69) is 15.9 Å². The van der Waals surface area contributed by atoms with Gasteiger partial charge in [0.05, 0.1) is 7.11 Å². The Morgan fingerprint density at radius 3 is 2.68 bits per heavy atom. The van der Waals surface area contributed by atoms with Crippen molar-refractivity contribution in [3.8, 4) is 5.75 Å². The fraction of sp³-hybridized carbons (Fsp3) is 0.143. The molecule has 2 aromatic rings. The first-order valence-corrected chi connectivity index (χ1v) is 6.66. The Kier molecular flexibility index (Phi) is 4.45. The Bertz CT molecular complexity index is 584. The SMILES string of the molecule is COc1cccc(C(O)c2cc(Cl)cc(Br)c2)c1F. The van der Waals surface area contributed by atoms with E-state index in [1.54, 1.807) is 24.3 Å². The molecule has 1 atom stereocenters. The molecule has 0 aliphatic rings. The summed E-state index contributed by atoms with van der Waals surface area (Å²) in [6.07, 6.45) is -1.11. The first kappa shape index (κ1) is 14.3. The molecule has 2 nitrogen and oxygen atoms in total. The van der Waals surface area contributed by atoms with Crippen LogP contribution in [0.3, 0.4) is 0 Å². The minimum absolute atomic E-state index is 0.0950. The largest absolute Gasteiger partial charge is 0.494 e. The summed E-state index contributed by atoms with van der Waals surface area (Å²) in [5.74, 6) is -0.480. The van der Waals surface area contributed by atoms with Crippen LogP contribution < -0.4 is 4.74 Å². The molecule has 5 heteroatoms. The normalized spacial score (nSPS) is 12.3. The van der Waals surface area contributed by atoms with Gasteiger partial charge in [0.2, 0.25) is 0 Å². The molecule has 1 unspecified atom stereocenters. The lowest BCUT2D eigenvalue weighted by molar-refractivity contribution is 0.213. The first-order valence-electron chi connectivity index (χ1n) is 5.49. The number of halogens is 3. The highest BCUT2D eigenvalue weighted by Crippen LogP contribution is 2.31. The van der Waals surface area contributed by atoms with Crippen molar-refractivity contribution in [3.63, 3.8) is 0 Å². The summed E-state index contributed by atoms with van der Waals surface area (Å²) in [5, 5.41) is 10.7. The lowest BCUT2D eigenvalue weighted by atomic mass is 10.0. The summed E-state index contributed by atoms with van der Waals surface area (Å²) in [6.45, 7) is 0. The standard InChI is InChI=1S/C14H11BrClFO2/c1-19-12-4-2-3-11(13(12)17)14(18)8-5-9(15)7-10(16)6-8/h2-7,14,18H,1H3. The van der Waals surface area contributed by atoms with Crippen LogP contribution in [-0.4, -0.2) is 12.2 Å². The highest BCUT2D eigenvalue weighted by atomic mass is 79.9. The maximum Gasteiger partial charge on any atom is 0.171 e. The molecular weight excluding hydrogens is 335 g/mol. The molecule has 1 N–H and O–H groups in total. The smallest absolute Gasteiger partial charge is 0.171 e. The van der Waals surface area contributed by atoms with Gasteiger partial charge in [-0.05, 0) is 29.8 Å². The van der Waals surface area contributed by atoms with Crippen LogP contribution in [0.5, 0.6) is 5.75 Å². The second-order valence-electron chi connectivity index (χ2n) is 3.97. The van der Waals surface area contributed by atoms with E-state index in [-0.39, 0.29) is 11.3 Å². The Labute approximate surface area is 123 Å². The van der Waals surface area contributed by atoms with Crippen molar-refractivity contribution in [3.05, 3.63) is 62.8 Å². The molecule has 0 amide bonds. The third-order valence-corrected chi connectivity index (χ3v) is 3.38. The Morgan fingerprint density at radius 1 is 1.32 bits per heavy atom. The molecule has 0 radical (unpaired) electrons. The summed E-state index contributed by atoms with van der Waals surface area (Å²) in [5.41, 5.74) is 0.653. The number of aliphatic hydroxyl groups is 1. The topological polar surface area (TPSA) is 29.5 Å². The van der Waals surface area contributed by atoms with Gasteiger partial charge < -0.3 is 9.84 Å². The molecule has 0 bridgehead atoms. The van der Waals surface area contributed by atoms with Crippen molar-refractivity contribution < 1.29 is 14.2 Å². The van der Waals surface area contributed by atoms with Crippen molar-refractivity contribution in [2.75, 3.05) is 7.11 Å². The van der Waals surface area contributed by atoms with E-state index < -0.39 is 11.9 Å². The van der Waals surface area contributed by atoms with Crippen LogP contribution in [0.15, 0.2) is 40.9 Å². The zero-order chi connectivity index (χ0) is 14.0. The zero-order valence-corrected chi connectivity index (χ0v) is 12.4. The third kappa shape index (κ3) is 3.08. The Hall–Kier alpha value is -1.10. The monoisotopic (exact) mass is 344 g/mol. The van der Waals surface area contributed by atoms with E-state index in [4.69, 9.17) is 16.3 Å². The van der Waals surface area contributed by atoms with Crippen LogP contribution in [0.4, 0.5) is 4.39 Å². The number of hydrogen-bond donors (Lipinski definition) is 1. The van der Waals surface area contributed by atoms with E-state index in [1.807, 2.05) is 0 Å². The van der Waals surface area contributed by atoms with Crippen molar-refractivity contribution in [2.45, 2.75) is 6.10 Å². The highest BCUT2D eigenvalue weighted by Gasteiger charge is 2.18. The van der Waals surface area contributed by atoms with E-state index in [0.717, 1.165) is 4.47 Å². The van der Waals surface area contributed by atoms with Gasteiger partial charge in [-0.15, -0.1) is 0 Å². The zero-order valence-electron chi connectivity index (χ0n) is 10.0. The Morgan fingerprint density at radius 2 is 2.05 bits per heavy atom. The summed E-state index contributed by atoms with van der Waals surface area (Å²) in [6, 6.07) is 9.61. The second kappa shape index (κ2) is 5.90. The van der Waals surface area contributed by atoms with Crippen LogP contribution in [0, 0.1) is 5.82 Å². The maximum absolute atomic E-state index is 14.1.